The van der Waals surface area contributed by atoms with Crippen molar-refractivity contribution in [2.45, 2.75) is 19.5 Å². The van der Waals surface area contributed by atoms with Gasteiger partial charge in [-0.1, -0.05) is 19.1 Å². The maximum atomic E-state index is 12.6. The first-order valence-corrected chi connectivity index (χ1v) is 5.27. The van der Waals surface area contributed by atoms with Gasteiger partial charge >= 0.3 is 12.1 Å². The third kappa shape index (κ3) is 2.60. The summed E-state index contributed by atoms with van der Waals surface area (Å²) >= 11 is 0. The molecule has 1 saturated carbocycles. The van der Waals surface area contributed by atoms with Crippen LogP contribution in [0.3, 0.4) is 0 Å². The highest BCUT2D eigenvalue weighted by Gasteiger charge is 2.42. The number of benzene rings is 1. The number of para-hydroxylation sites is 1. The molecule has 0 saturated heterocycles. The van der Waals surface area contributed by atoms with Crippen molar-refractivity contribution in [2.24, 2.45) is 11.8 Å². The van der Waals surface area contributed by atoms with Crippen molar-refractivity contribution in [3.05, 3.63) is 29.8 Å². The number of rotatable bonds is 2. The second-order valence-electron chi connectivity index (χ2n) is 4.23. The number of hydrogen-bond acceptors (Lipinski definition) is 2. The lowest BCUT2D eigenvalue weighted by atomic mass is 10.2. The van der Waals surface area contributed by atoms with Gasteiger partial charge in [0.25, 0.3) is 0 Å². The fraction of sp³-hybridized carbons (Fsp3) is 0.417. The first kappa shape index (κ1) is 12.0. The van der Waals surface area contributed by atoms with Crippen molar-refractivity contribution in [3.63, 3.8) is 0 Å². The molecule has 0 aromatic heterocycles. The van der Waals surface area contributed by atoms with Gasteiger partial charge in [-0.15, -0.1) is 0 Å². The van der Waals surface area contributed by atoms with Crippen LogP contribution in [-0.4, -0.2) is 5.97 Å². The molecule has 1 aromatic rings. The SMILES string of the molecule is CC1CC1C(=O)Oc1ccccc1C(F)(F)F. The second kappa shape index (κ2) is 4.05. The number of hydrogen-bond donors (Lipinski definition) is 0. The van der Waals surface area contributed by atoms with E-state index in [1.54, 1.807) is 0 Å². The highest BCUT2D eigenvalue weighted by molar-refractivity contribution is 5.78. The Kier molecular flexibility index (Phi) is 2.85. The summed E-state index contributed by atoms with van der Waals surface area (Å²) < 4.78 is 42.6. The Morgan fingerprint density at radius 2 is 1.94 bits per heavy atom. The van der Waals surface area contributed by atoms with Crippen molar-refractivity contribution >= 4 is 5.97 Å². The van der Waals surface area contributed by atoms with Crippen LogP contribution >= 0.6 is 0 Å². The van der Waals surface area contributed by atoms with Gasteiger partial charge in [-0.3, -0.25) is 4.79 Å². The van der Waals surface area contributed by atoms with E-state index in [0.717, 1.165) is 12.1 Å². The van der Waals surface area contributed by atoms with Crippen molar-refractivity contribution < 1.29 is 22.7 Å². The van der Waals surface area contributed by atoms with Crippen LogP contribution in [0.15, 0.2) is 24.3 Å². The summed E-state index contributed by atoms with van der Waals surface area (Å²) in [5.74, 6) is -1.03. The first-order chi connectivity index (χ1) is 7.89. The normalized spacial score (nSPS) is 23.3. The van der Waals surface area contributed by atoms with Crippen LogP contribution in [0.25, 0.3) is 0 Å². The number of carbonyl (C=O) groups excluding carboxylic acids is 1. The van der Waals surface area contributed by atoms with E-state index in [1.165, 1.54) is 12.1 Å². The third-order valence-corrected chi connectivity index (χ3v) is 2.82. The van der Waals surface area contributed by atoms with Gasteiger partial charge in [-0.25, -0.2) is 0 Å². The molecule has 0 radical (unpaired) electrons. The minimum atomic E-state index is -4.51. The smallest absolute Gasteiger partial charge is 0.419 e. The van der Waals surface area contributed by atoms with Gasteiger partial charge in [0.2, 0.25) is 0 Å². The number of halogens is 3. The van der Waals surface area contributed by atoms with Gasteiger partial charge in [0.15, 0.2) is 0 Å². The van der Waals surface area contributed by atoms with E-state index in [-0.39, 0.29) is 11.8 Å². The lowest BCUT2D eigenvalue weighted by Gasteiger charge is -2.12. The summed E-state index contributed by atoms with van der Waals surface area (Å²) in [5.41, 5.74) is -0.915. The van der Waals surface area contributed by atoms with Gasteiger partial charge in [-0.2, -0.15) is 13.2 Å². The van der Waals surface area contributed by atoms with Crippen molar-refractivity contribution in [2.75, 3.05) is 0 Å². The monoisotopic (exact) mass is 244 g/mol. The van der Waals surface area contributed by atoms with Crippen molar-refractivity contribution in [1.29, 1.82) is 0 Å². The summed E-state index contributed by atoms with van der Waals surface area (Å²) in [6.45, 7) is 1.86. The van der Waals surface area contributed by atoms with Crippen LogP contribution in [0.4, 0.5) is 13.2 Å². The Bertz CT molecular complexity index is 440. The van der Waals surface area contributed by atoms with E-state index in [4.69, 9.17) is 4.74 Å². The Labute approximate surface area is 96.4 Å². The zero-order chi connectivity index (χ0) is 12.6. The largest absolute Gasteiger partial charge is 0.426 e. The molecule has 1 aliphatic rings. The molecular weight excluding hydrogens is 233 g/mol. The maximum absolute atomic E-state index is 12.6. The third-order valence-electron chi connectivity index (χ3n) is 2.82. The molecule has 2 atom stereocenters. The molecule has 2 nitrogen and oxygen atoms in total. The highest BCUT2D eigenvalue weighted by Crippen LogP contribution is 2.41. The molecule has 0 bridgehead atoms. The number of esters is 1. The molecule has 0 N–H and O–H groups in total. The molecule has 1 fully saturated rings. The molecule has 0 heterocycles. The fourth-order valence-electron chi connectivity index (χ4n) is 1.62. The summed E-state index contributed by atoms with van der Waals surface area (Å²) in [5, 5.41) is 0. The number of carbonyl (C=O) groups is 1. The van der Waals surface area contributed by atoms with E-state index >= 15 is 0 Å². The fourth-order valence-corrected chi connectivity index (χ4v) is 1.62. The molecule has 17 heavy (non-hydrogen) atoms. The zero-order valence-corrected chi connectivity index (χ0v) is 9.12. The first-order valence-electron chi connectivity index (χ1n) is 5.27. The van der Waals surface area contributed by atoms with Crippen molar-refractivity contribution in [1.82, 2.24) is 0 Å². The standard InChI is InChI=1S/C12H11F3O2/c1-7-6-8(7)11(16)17-10-5-3-2-4-9(10)12(13,14)15/h2-5,7-8H,6H2,1H3. The van der Waals surface area contributed by atoms with Crippen LogP contribution in [0.5, 0.6) is 5.75 Å². The topological polar surface area (TPSA) is 26.3 Å². The Hall–Kier alpha value is -1.52. The minimum absolute atomic E-state index is 0.209. The minimum Gasteiger partial charge on any atom is -0.426 e. The maximum Gasteiger partial charge on any atom is 0.419 e. The van der Waals surface area contributed by atoms with E-state index < -0.39 is 23.5 Å². The summed E-state index contributed by atoms with van der Waals surface area (Å²) in [6, 6.07) is 4.74. The lowest BCUT2D eigenvalue weighted by molar-refractivity contribution is -0.143. The molecule has 0 amide bonds. The van der Waals surface area contributed by atoms with Crippen LogP contribution < -0.4 is 4.74 Å². The second-order valence-corrected chi connectivity index (χ2v) is 4.23. The summed E-state index contributed by atoms with van der Waals surface area (Å²) in [4.78, 5) is 11.5. The summed E-state index contributed by atoms with van der Waals surface area (Å²) in [6.07, 6.45) is -3.82. The van der Waals surface area contributed by atoms with Gasteiger partial charge < -0.3 is 4.74 Å². The zero-order valence-electron chi connectivity index (χ0n) is 9.12. The average molecular weight is 244 g/mol. The predicted octanol–water partition coefficient (Wildman–Crippen LogP) is 3.27. The molecule has 0 aliphatic heterocycles. The van der Waals surface area contributed by atoms with Crippen LogP contribution in [-0.2, 0) is 11.0 Å². The molecule has 92 valence electrons. The average Bonchev–Trinajstić information content (AvgIpc) is 2.95. The predicted molar refractivity (Wildman–Crippen MR) is 54.4 cm³/mol. The van der Waals surface area contributed by atoms with Crippen molar-refractivity contribution in [3.8, 4) is 5.75 Å². The molecule has 2 rings (SSSR count). The van der Waals surface area contributed by atoms with Crippen LogP contribution in [0.2, 0.25) is 0 Å². The van der Waals surface area contributed by atoms with Crippen LogP contribution in [0, 0.1) is 11.8 Å². The van der Waals surface area contributed by atoms with E-state index in [2.05, 4.69) is 0 Å². The number of alkyl halides is 3. The Morgan fingerprint density at radius 1 is 1.35 bits per heavy atom. The summed E-state index contributed by atoms with van der Waals surface area (Å²) in [7, 11) is 0. The van der Waals surface area contributed by atoms with Gasteiger partial charge in [0, 0.05) is 0 Å². The van der Waals surface area contributed by atoms with Gasteiger partial charge in [0.05, 0.1) is 11.5 Å². The molecule has 2 unspecified atom stereocenters. The lowest BCUT2D eigenvalue weighted by Crippen LogP contribution is -2.15. The van der Waals surface area contributed by atoms with E-state index in [1.807, 2.05) is 6.92 Å². The highest BCUT2D eigenvalue weighted by atomic mass is 19.4. The molecular formula is C12H11F3O2. The van der Waals surface area contributed by atoms with Crippen LogP contribution in [0.1, 0.15) is 18.9 Å². The quantitative estimate of drug-likeness (QED) is 0.589. The Balaban J connectivity index is 2.18. The molecule has 0 spiro atoms. The number of ether oxygens (including phenoxy) is 1. The molecule has 1 aliphatic carbocycles. The van der Waals surface area contributed by atoms with E-state index in [9.17, 15) is 18.0 Å². The van der Waals surface area contributed by atoms with Gasteiger partial charge in [0.1, 0.15) is 5.75 Å². The molecule has 1 aromatic carbocycles. The van der Waals surface area contributed by atoms with E-state index in [0.29, 0.717) is 6.42 Å². The van der Waals surface area contributed by atoms with Gasteiger partial charge in [-0.05, 0) is 24.5 Å². The molecule has 5 heteroatoms. The Morgan fingerprint density at radius 3 is 2.47 bits per heavy atom.